The molecule has 0 atom stereocenters. The molecule has 55 valence electrons. The zero-order valence-corrected chi connectivity index (χ0v) is 7.99. The standard InChI is InChI=1S/C4H6NO4.Y/c6-3(7)1-5-2-4(8)9;/h1-2H2,(H,6,7)(H,8,9);/q-1;. The molecular weight excluding hydrogens is 215 g/mol. The summed E-state index contributed by atoms with van der Waals surface area (Å²) in [6, 6.07) is 0. The van der Waals surface area contributed by atoms with Crippen LogP contribution < -0.4 is 0 Å². The fourth-order valence-corrected chi connectivity index (χ4v) is 0.247. The van der Waals surface area contributed by atoms with Crippen molar-refractivity contribution in [2.75, 3.05) is 13.1 Å². The van der Waals surface area contributed by atoms with Crippen LogP contribution in [0.25, 0.3) is 5.32 Å². The Bertz CT molecular complexity index is 112. The minimum absolute atomic E-state index is 0. The van der Waals surface area contributed by atoms with E-state index in [9.17, 15) is 9.59 Å². The van der Waals surface area contributed by atoms with Crippen molar-refractivity contribution < 1.29 is 52.5 Å². The van der Waals surface area contributed by atoms with Crippen molar-refractivity contribution in [3.8, 4) is 0 Å². The molecule has 0 fully saturated rings. The van der Waals surface area contributed by atoms with E-state index in [1.165, 1.54) is 0 Å². The third-order valence-corrected chi connectivity index (χ3v) is 0.494. The molecule has 0 aromatic carbocycles. The van der Waals surface area contributed by atoms with Crippen molar-refractivity contribution in [3.05, 3.63) is 5.32 Å². The van der Waals surface area contributed by atoms with E-state index >= 15 is 0 Å². The van der Waals surface area contributed by atoms with Crippen LogP contribution in [-0.2, 0) is 42.3 Å². The quantitative estimate of drug-likeness (QED) is 0.671. The second-order valence-corrected chi connectivity index (χ2v) is 1.33. The summed E-state index contributed by atoms with van der Waals surface area (Å²) in [6.45, 7) is -0.876. The molecule has 0 unspecified atom stereocenters. The summed E-state index contributed by atoms with van der Waals surface area (Å²) in [4.78, 5) is 19.4. The van der Waals surface area contributed by atoms with E-state index in [1.54, 1.807) is 0 Å². The number of carbonyl (C=O) groups is 2. The van der Waals surface area contributed by atoms with Gasteiger partial charge in [-0.2, -0.15) is 0 Å². The number of hydrogen-bond donors (Lipinski definition) is 2. The first-order valence-electron chi connectivity index (χ1n) is 2.20. The molecule has 1 radical (unpaired) electrons. The van der Waals surface area contributed by atoms with Crippen LogP contribution >= 0.6 is 0 Å². The van der Waals surface area contributed by atoms with Gasteiger partial charge in [-0.3, -0.25) is 9.59 Å². The molecule has 0 heterocycles. The maximum atomic E-state index is 9.69. The maximum absolute atomic E-state index is 9.69. The topological polar surface area (TPSA) is 88.7 Å². The molecule has 0 aliphatic heterocycles. The predicted molar refractivity (Wildman–Crippen MR) is 28.4 cm³/mol. The number of carboxylic acid groups (broad SMARTS) is 2. The van der Waals surface area contributed by atoms with Crippen LogP contribution in [0.5, 0.6) is 0 Å². The number of nitrogens with zero attached hydrogens (tertiary/aromatic N) is 1. The van der Waals surface area contributed by atoms with Gasteiger partial charge in [0.25, 0.3) is 11.9 Å². The Morgan fingerprint density at radius 3 is 1.60 bits per heavy atom. The normalized spacial score (nSPS) is 8.00. The number of aliphatic carboxylic acids is 2. The van der Waals surface area contributed by atoms with Gasteiger partial charge in [-0.15, -0.1) is 0 Å². The third kappa shape index (κ3) is 10.9. The smallest absolute Gasteiger partial charge is 0.282 e. The molecule has 0 spiro atoms. The summed E-state index contributed by atoms with van der Waals surface area (Å²) in [5.41, 5.74) is 0. The van der Waals surface area contributed by atoms with E-state index in [0.29, 0.717) is 0 Å². The van der Waals surface area contributed by atoms with E-state index in [-0.39, 0.29) is 32.7 Å². The molecule has 5 nitrogen and oxygen atoms in total. The summed E-state index contributed by atoms with van der Waals surface area (Å²) in [5.74, 6) is -2.23. The average molecular weight is 221 g/mol. The monoisotopic (exact) mass is 221 g/mol. The SMILES string of the molecule is O=C(O)C[N-]CC(=O)O.[Y]. The molecular formula is C4H6NO4Y-. The van der Waals surface area contributed by atoms with Crippen LogP contribution in [0.15, 0.2) is 0 Å². The molecule has 6 heteroatoms. The van der Waals surface area contributed by atoms with Gasteiger partial charge in [-0.05, 0) is 13.1 Å². The first kappa shape index (κ1) is 12.7. The van der Waals surface area contributed by atoms with E-state index < -0.39 is 25.0 Å². The molecule has 0 aliphatic carbocycles. The molecule has 0 aromatic rings. The first-order chi connectivity index (χ1) is 4.13. The van der Waals surface area contributed by atoms with Crippen molar-refractivity contribution in [2.24, 2.45) is 0 Å². The predicted octanol–water partition coefficient (Wildman–Crippen LogP) is -0.473. The van der Waals surface area contributed by atoms with Crippen LogP contribution in [0.3, 0.4) is 0 Å². The van der Waals surface area contributed by atoms with E-state index in [2.05, 4.69) is 5.32 Å². The van der Waals surface area contributed by atoms with Gasteiger partial charge >= 0.3 is 0 Å². The Balaban J connectivity index is 0. The van der Waals surface area contributed by atoms with Gasteiger partial charge in [0.15, 0.2) is 0 Å². The molecule has 0 aromatic heterocycles. The van der Waals surface area contributed by atoms with Gasteiger partial charge in [0.1, 0.15) is 0 Å². The number of carboxylic acids is 2. The van der Waals surface area contributed by atoms with Crippen molar-refractivity contribution in [1.29, 1.82) is 0 Å². The second-order valence-electron chi connectivity index (χ2n) is 1.33. The molecule has 0 saturated carbocycles. The Morgan fingerprint density at radius 1 is 1.10 bits per heavy atom. The van der Waals surface area contributed by atoms with Crippen molar-refractivity contribution in [1.82, 2.24) is 0 Å². The second kappa shape index (κ2) is 7.11. The number of hydrogen-bond acceptors (Lipinski definition) is 2. The molecule has 0 amide bonds. The summed E-state index contributed by atoms with van der Waals surface area (Å²) >= 11 is 0. The summed E-state index contributed by atoms with van der Waals surface area (Å²) < 4.78 is 0. The van der Waals surface area contributed by atoms with Gasteiger partial charge < -0.3 is 15.5 Å². The van der Waals surface area contributed by atoms with Gasteiger partial charge in [-0.25, -0.2) is 0 Å². The fraction of sp³-hybridized carbons (Fsp3) is 0.500. The Labute approximate surface area is 82.7 Å². The van der Waals surface area contributed by atoms with Crippen molar-refractivity contribution in [3.63, 3.8) is 0 Å². The summed E-state index contributed by atoms with van der Waals surface area (Å²) in [5, 5.41) is 19.1. The Morgan fingerprint density at radius 2 is 1.40 bits per heavy atom. The largest absolute Gasteiger partial charge is 0.644 e. The average Bonchev–Trinajstić information content (AvgIpc) is 1.63. The van der Waals surface area contributed by atoms with E-state index in [4.69, 9.17) is 10.2 Å². The molecule has 0 rings (SSSR count). The van der Waals surface area contributed by atoms with Crippen molar-refractivity contribution >= 4 is 11.9 Å². The minimum Gasteiger partial charge on any atom is -0.644 e. The van der Waals surface area contributed by atoms with Gasteiger partial charge in [-0.1, -0.05) is 0 Å². The van der Waals surface area contributed by atoms with E-state index in [0.717, 1.165) is 0 Å². The van der Waals surface area contributed by atoms with Gasteiger partial charge in [0.2, 0.25) is 0 Å². The Kier molecular flexibility index (Phi) is 9.01. The summed E-state index contributed by atoms with van der Waals surface area (Å²) in [7, 11) is 0. The Hall–Kier alpha value is 0.00390. The maximum Gasteiger partial charge on any atom is 0.282 e. The first-order valence-corrected chi connectivity index (χ1v) is 2.20. The summed E-state index contributed by atoms with van der Waals surface area (Å²) in [6.07, 6.45) is 0. The van der Waals surface area contributed by atoms with Crippen LogP contribution in [0.4, 0.5) is 0 Å². The number of rotatable bonds is 4. The molecule has 0 bridgehead atoms. The fourth-order valence-electron chi connectivity index (χ4n) is 0.247. The van der Waals surface area contributed by atoms with Gasteiger partial charge in [0, 0.05) is 32.7 Å². The van der Waals surface area contributed by atoms with Crippen LogP contribution in [0, 0.1) is 0 Å². The third-order valence-electron chi connectivity index (χ3n) is 0.494. The zero-order valence-electron chi connectivity index (χ0n) is 5.15. The zero-order chi connectivity index (χ0) is 7.28. The van der Waals surface area contributed by atoms with E-state index in [1.807, 2.05) is 0 Å². The van der Waals surface area contributed by atoms with Crippen LogP contribution in [0.1, 0.15) is 0 Å². The van der Waals surface area contributed by atoms with Crippen LogP contribution in [-0.4, -0.2) is 35.2 Å². The molecule has 0 aliphatic rings. The van der Waals surface area contributed by atoms with Crippen LogP contribution in [0.2, 0.25) is 0 Å². The molecule has 2 N–H and O–H groups in total. The molecule has 10 heavy (non-hydrogen) atoms. The van der Waals surface area contributed by atoms with Crippen molar-refractivity contribution in [2.45, 2.75) is 0 Å². The molecule has 0 saturated heterocycles. The minimum atomic E-state index is -1.11. The van der Waals surface area contributed by atoms with Gasteiger partial charge in [0.05, 0.1) is 0 Å².